The van der Waals surface area contributed by atoms with Crippen LogP contribution in [-0.2, 0) is 18.4 Å². The Hall–Kier alpha value is -2.08. The molecule has 0 radical (unpaired) electrons. The van der Waals surface area contributed by atoms with Gasteiger partial charge in [0.1, 0.15) is 0 Å². The van der Waals surface area contributed by atoms with Crippen molar-refractivity contribution in [2.75, 3.05) is 19.6 Å². The SMILES string of the molecule is C[C@@H]1CNCCN1C(=O)CCn1c(=O)n(C)c2ccccc21. The highest BCUT2D eigenvalue weighted by molar-refractivity contribution is 5.78. The van der Waals surface area contributed by atoms with Gasteiger partial charge in [-0.25, -0.2) is 4.79 Å². The molecule has 0 aliphatic carbocycles. The molecule has 0 unspecified atom stereocenters. The first-order chi connectivity index (χ1) is 10.6. The van der Waals surface area contributed by atoms with Gasteiger partial charge < -0.3 is 10.2 Å². The van der Waals surface area contributed by atoms with Gasteiger partial charge in [0, 0.05) is 45.7 Å². The number of aryl methyl sites for hydroxylation is 2. The summed E-state index contributed by atoms with van der Waals surface area (Å²) in [4.78, 5) is 26.7. The molecule has 1 saturated heterocycles. The smallest absolute Gasteiger partial charge is 0.328 e. The predicted molar refractivity (Wildman–Crippen MR) is 85.8 cm³/mol. The van der Waals surface area contributed by atoms with E-state index in [0.717, 1.165) is 30.7 Å². The normalized spacial score (nSPS) is 18.8. The summed E-state index contributed by atoms with van der Waals surface area (Å²) in [5.41, 5.74) is 1.72. The minimum absolute atomic E-state index is 0.0673. The van der Waals surface area contributed by atoms with Crippen LogP contribution in [-0.4, -0.2) is 45.6 Å². The molecule has 6 heteroatoms. The summed E-state index contributed by atoms with van der Waals surface area (Å²) in [7, 11) is 1.77. The van der Waals surface area contributed by atoms with Gasteiger partial charge in [0.25, 0.3) is 0 Å². The van der Waals surface area contributed by atoms with Crippen LogP contribution in [0.5, 0.6) is 0 Å². The first-order valence-corrected chi connectivity index (χ1v) is 7.74. The van der Waals surface area contributed by atoms with Crippen molar-refractivity contribution in [3.63, 3.8) is 0 Å². The van der Waals surface area contributed by atoms with E-state index < -0.39 is 0 Å². The van der Waals surface area contributed by atoms with Crippen LogP contribution < -0.4 is 11.0 Å². The van der Waals surface area contributed by atoms with Crippen molar-refractivity contribution < 1.29 is 4.79 Å². The van der Waals surface area contributed by atoms with Crippen molar-refractivity contribution in [1.29, 1.82) is 0 Å². The average Bonchev–Trinajstić information content (AvgIpc) is 2.77. The third kappa shape index (κ3) is 2.54. The molecular formula is C16H22N4O2. The van der Waals surface area contributed by atoms with Gasteiger partial charge >= 0.3 is 5.69 Å². The molecule has 0 saturated carbocycles. The maximum absolute atomic E-state index is 12.4. The number of imidazole rings is 1. The minimum Gasteiger partial charge on any atom is -0.337 e. The molecule has 0 bridgehead atoms. The second-order valence-electron chi connectivity index (χ2n) is 5.87. The third-order valence-electron chi connectivity index (χ3n) is 4.42. The van der Waals surface area contributed by atoms with Crippen LogP contribution in [0.2, 0.25) is 0 Å². The lowest BCUT2D eigenvalue weighted by Gasteiger charge is -2.34. The third-order valence-corrected chi connectivity index (χ3v) is 4.42. The van der Waals surface area contributed by atoms with Crippen molar-refractivity contribution in [3.05, 3.63) is 34.7 Å². The van der Waals surface area contributed by atoms with E-state index in [1.165, 1.54) is 0 Å². The van der Waals surface area contributed by atoms with Gasteiger partial charge in [-0.1, -0.05) is 12.1 Å². The van der Waals surface area contributed by atoms with Gasteiger partial charge in [0.15, 0.2) is 0 Å². The Morgan fingerprint density at radius 3 is 2.77 bits per heavy atom. The average molecular weight is 302 g/mol. The Kier molecular flexibility index (Phi) is 4.02. The monoisotopic (exact) mass is 302 g/mol. The van der Waals surface area contributed by atoms with Gasteiger partial charge in [0.05, 0.1) is 11.0 Å². The van der Waals surface area contributed by atoms with Crippen LogP contribution in [0.3, 0.4) is 0 Å². The van der Waals surface area contributed by atoms with Crippen molar-refractivity contribution in [2.24, 2.45) is 7.05 Å². The predicted octanol–water partition coefficient (Wildman–Crippen LogP) is 0.550. The standard InChI is InChI=1S/C16H22N4O2/c1-12-11-17-8-10-19(12)15(21)7-9-20-14-6-4-3-5-13(14)18(2)16(20)22/h3-6,12,17H,7-11H2,1-2H3/t12-/m1/s1. The zero-order chi connectivity index (χ0) is 15.7. The fraction of sp³-hybridized carbons (Fsp3) is 0.500. The van der Waals surface area contributed by atoms with Crippen molar-refractivity contribution in [2.45, 2.75) is 25.9 Å². The zero-order valence-electron chi connectivity index (χ0n) is 13.1. The van der Waals surface area contributed by atoms with Gasteiger partial charge in [-0.05, 0) is 19.1 Å². The summed E-state index contributed by atoms with van der Waals surface area (Å²) in [6.45, 7) is 4.89. The molecule has 1 atom stereocenters. The lowest BCUT2D eigenvalue weighted by Crippen LogP contribution is -2.52. The van der Waals surface area contributed by atoms with E-state index in [-0.39, 0.29) is 17.6 Å². The maximum atomic E-state index is 12.4. The summed E-state index contributed by atoms with van der Waals surface area (Å²) in [6, 6.07) is 7.89. The first-order valence-electron chi connectivity index (χ1n) is 7.74. The summed E-state index contributed by atoms with van der Waals surface area (Å²) in [5, 5.41) is 3.28. The lowest BCUT2D eigenvalue weighted by atomic mass is 10.2. The van der Waals surface area contributed by atoms with Crippen molar-refractivity contribution in [3.8, 4) is 0 Å². The summed E-state index contributed by atoms with van der Waals surface area (Å²) in [5.74, 6) is 0.119. The zero-order valence-corrected chi connectivity index (χ0v) is 13.1. The maximum Gasteiger partial charge on any atom is 0.328 e. The number of fused-ring (bicyclic) bond motifs is 1. The van der Waals surface area contributed by atoms with E-state index in [1.807, 2.05) is 36.1 Å². The molecule has 6 nitrogen and oxygen atoms in total. The van der Waals surface area contributed by atoms with Gasteiger partial charge in [0.2, 0.25) is 5.91 Å². The Labute approximate surface area is 129 Å². The minimum atomic E-state index is -0.0673. The van der Waals surface area contributed by atoms with E-state index in [9.17, 15) is 9.59 Å². The molecule has 118 valence electrons. The van der Waals surface area contributed by atoms with Crippen LogP contribution in [0, 0.1) is 0 Å². The second kappa shape index (κ2) is 5.96. The summed E-state index contributed by atoms with van der Waals surface area (Å²) in [6.07, 6.45) is 0.359. The van der Waals surface area contributed by atoms with Gasteiger partial charge in [-0.2, -0.15) is 0 Å². The number of nitrogens with one attached hydrogen (secondary N) is 1. The van der Waals surface area contributed by atoms with Crippen LogP contribution in [0.15, 0.2) is 29.1 Å². The number of benzene rings is 1. The second-order valence-corrected chi connectivity index (χ2v) is 5.87. The lowest BCUT2D eigenvalue weighted by molar-refractivity contribution is -0.134. The number of rotatable bonds is 3. The summed E-state index contributed by atoms with van der Waals surface area (Å²) < 4.78 is 3.33. The van der Waals surface area contributed by atoms with Crippen molar-refractivity contribution in [1.82, 2.24) is 19.4 Å². The van der Waals surface area contributed by atoms with Gasteiger partial charge in [-0.15, -0.1) is 0 Å². The highest BCUT2D eigenvalue weighted by atomic mass is 16.2. The Morgan fingerprint density at radius 1 is 1.32 bits per heavy atom. The molecule has 1 amide bonds. The molecule has 0 spiro atoms. The molecule has 22 heavy (non-hydrogen) atoms. The van der Waals surface area contributed by atoms with E-state index in [4.69, 9.17) is 0 Å². The number of para-hydroxylation sites is 2. The summed E-state index contributed by atoms with van der Waals surface area (Å²) >= 11 is 0. The van der Waals surface area contributed by atoms with E-state index in [0.29, 0.717) is 13.0 Å². The highest BCUT2D eigenvalue weighted by Crippen LogP contribution is 2.13. The Morgan fingerprint density at radius 2 is 2.05 bits per heavy atom. The van der Waals surface area contributed by atoms with Gasteiger partial charge in [-0.3, -0.25) is 13.9 Å². The number of amides is 1. The number of carbonyl (C=O) groups excluding carboxylic acids is 1. The molecule has 1 aliphatic rings. The molecular weight excluding hydrogens is 280 g/mol. The number of nitrogens with zero attached hydrogens (tertiary/aromatic N) is 3. The molecule has 2 aromatic rings. The topological polar surface area (TPSA) is 59.3 Å². The fourth-order valence-electron chi connectivity index (χ4n) is 3.14. The number of hydrogen-bond acceptors (Lipinski definition) is 3. The number of hydrogen-bond donors (Lipinski definition) is 1. The van der Waals surface area contributed by atoms with Crippen LogP contribution in [0.25, 0.3) is 11.0 Å². The fourth-order valence-corrected chi connectivity index (χ4v) is 3.14. The molecule has 1 aromatic carbocycles. The Balaban J connectivity index is 1.78. The molecule has 3 rings (SSSR count). The van der Waals surface area contributed by atoms with Crippen LogP contribution >= 0.6 is 0 Å². The van der Waals surface area contributed by atoms with E-state index >= 15 is 0 Å². The first kappa shape index (κ1) is 14.8. The quantitative estimate of drug-likeness (QED) is 0.901. The Bertz CT molecular complexity index is 746. The van der Waals surface area contributed by atoms with E-state index in [1.54, 1.807) is 16.2 Å². The number of aromatic nitrogens is 2. The molecule has 1 fully saturated rings. The van der Waals surface area contributed by atoms with Crippen LogP contribution in [0.4, 0.5) is 0 Å². The van der Waals surface area contributed by atoms with Crippen LogP contribution in [0.1, 0.15) is 13.3 Å². The van der Waals surface area contributed by atoms with E-state index in [2.05, 4.69) is 5.32 Å². The molecule has 2 heterocycles. The highest BCUT2D eigenvalue weighted by Gasteiger charge is 2.23. The molecule has 1 aromatic heterocycles. The molecule has 1 aliphatic heterocycles. The molecule has 1 N–H and O–H groups in total. The number of carbonyl (C=O) groups is 1. The number of piperazine rings is 1. The van der Waals surface area contributed by atoms with Crippen molar-refractivity contribution >= 4 is 16.9 Å². The largest absolute Gasteiger partial charge is 0.337 e.